The van der Waals surface area contributed by atoms with E-state index in [2.05, 4.69) is 59.7 Å². The number of amides is 2. The second kappa shape index (κ2) is 11.8. The fraction of sp³-hybridized carbons (Fsp3) is 0.400. The first-order valence-corrected chi connectivity index (χ1v) is 15.7. The second-order valence-corrected chi connectivity index (χ2v) is 14.0. The van der Waals surface area contributed by atoms with Crippen molar-refractivity contribution >= 4 is 41.0 Å². The maximum Gasteiger partial charge on any atom is 0.326 e. The maximum atomic E-state index is 14.9. The number of carboxylic acid groups (broad SMARTS) is 1. The molecule has 2 heterocycles. The molecule has 1 fully saturated rings. The van der Waals surface area contributed by atoms with Gasteiger partial charge in [-0.3, -0.25) is 19.6 Å². The van der Waals surface area contributed by atoms with Crippen molar-refractivity contribution in [3.63, 3.8) is 0 Å². The molecule has 5 rings (SSSR count). The first kappa shape index (κ1) is 32.0. The number of aliphatic imine (C=N–C) groups is 1. The van der Waals surface area contributed by atoms with E-state index in [0.29, 0.717) is 42.1 Å². The van der Waals surface area contributed by atoms with Crippen LogP contribution in [-0.4, -0.2) is 70.4 Å². The van der Waals surface area contributed by atoms with E-state index in [9.17, 15) is 14.7 Å². The van der Waals surface area contributed by atoms with Gasteiger partial charge in [0.15, 0.2) is 0 Å². The Morgan fingerprint density at radius 1 is 0.864 bits per heavy atom. The SMILES string of the molecule is Cc1cc(C(C)(C)C)ccc1C1=N[C@@](C)(c2ccc(Cl)cc2)[C@@](C)(c2ccc(Cl)cc2)N1C(=O)N1CCN(CC(=O)O)CC1. The Bertz CT molecular complexity index is 1590. The number of urea groups is 1. The summed E-state index contributed by atoms with van der Waals surface area (Å²) in [6.45, 7) is 14.5. The summed E-state index contributed by atoms with van der Waals surface area (Å²) >= 11 is 12.7. The number of halogens is 2. The van der Waals surface area contributed by atoms with Gasteiger partial charge in [-0.05, 0) is 72.7 Å². The Kier molecular flexibility index (Phi) is 8.62. The van der Waals surface area contributed by atoms with E-state index in [1.165, 1.54) is 5.56 Å². The Morgan fingerprint density at radius 3 is 1.91 bits per heavy atom. The lowest BCUT2D eigenvalue weighted by Crippen LogP contribution is -2.61. The molecule has 3 aromatic rings. The quantitative estimate of drug-likeness (QED) is 0.319. The minimum Gasteiger partial charge on any atom is -0.480 e. The van der Waals surface area contributed by atoms with Crippen molar-refractivity contribution in [3.05, 3.63) is 105 Å². The smallest absolute Gasteiger partial charge is 0.326 e. The molecule has 232 valence electrons. The Labute approximate surface area is 270 Å². The van der Waals surface area contributed by atoms with Gasteiger partial charge in [0.1, 0.15) is 16.9 Å². The predicted molar refractivity (Wildman–Crippen MR) is 177 cm³/mol. The summed E-state index contributed by atoms with van der Waals surface area (Å²) in [5.41, 5.74) is 3.00. The van der Waals surface area contributed by atoms with Crippen LogP contribution >= 0.6 is 23.2 Å². The highest BCUT2D eigenvalue weighted by molar-refractivity contribution is 6.30. The zero-order chi connectivity index (χ0) is 32.0. The molecule has 1 saturated heterocycles. The van der Waals surface area contributed by atoms with Crippen molar-refractivity contribution in [1.29, 1.82) is 0 Å². The molecule has 0 aliphatic carbocycles. The van der Waals surface area contributed by atoms with Crippen LogP contribution in [-0.2, 0) is 21.3 Å². The molecule has 2 aliphatic rings. The summed E-state index contributed by atoms with van der Waals surface area (Å²) < 4.78 is 0. The topological polar surface area (TPSA) is 76.5 Å². The number of aliphatic carboxylic acids is 1. The molecule has 2 atom stereocenters. The van der Waals surface area contributed by atoms with Crippen molar-refractivity contribution in [2.45, 2.75) is 58.0 Å². The number of rotatable bonds is 5. The van der Waals surface area contributed by atoms with Gasteiger partial charge in [0.2, 0.25) is 0 Å². The maximum absolute atomic E-state index is 14.9. The van der Waals surface area contributed by atoms with Gasteiger partial charge in [-0.2, -0.15) is 0 Å². The monoisotopic (exact) mass is 634 g/mol. The van der Waals surface area contributed by atoms with Crippen LogP contribution in [0.15, 0.2) is 71.7 Å². The summed E-state index contributed by atoms with van der Waals surface area (Å²) in [6.07, 6.45) is 0. The summed E-state index contributed by atoms with van der Waals surface area (Å²) in [7, 11) is 0. The summed E-state index contributed by atoms with van der Waals surface area (Å²) in [4.78, 5) is 37.2. The van der Waals surface area contributed by atoms with Gasteiger partial charge >= 0.3 is 12.0 Å². The van der Waals surface area contributed by atoms with Crippen LogP contribution in [0.1, 0.15) is 62.4 Å². The molecule has 2 amide bonds. The third-order valence-electron chi connectivity index (χ3n) is 9.28. The molecule has 0 bridgehead atoms. The number of hydrogen-bond acceptors (Lipinski definition) is 4. The molecule has 0 saturated carbocycles. The highest BCUT2D eigenvalue weighted by Gasteiger charge is 2.60. The Morgan fingerprint density at radius 2 is 1.41 bits per heavy atom. The van der Waals surface area contributed by atoms with Crippen molar-refractivity contribution in [2.75, 3.05) is 32.7 Å². The average Bonchev–Trinajstić information content (AvgIpc) is 3.21. The molecule has 3 aromatic carbocycles. The predicted octanol–water partition coefficient (Wildman–Crippen LogP) is 7.31. The van der Waals surface area contributed by atoms with Crippen LogP contribution in [0.3, 0.4) is 0 Å². The number of benzene rings is 3. The Hall–Kier alpha value is -3.39. The number of carbonyl (C=O) groups excluding carboxylic acids is 1. The minimum absolute atomic E-state index is 0.0401. The number of aryl methyl sites for hydroxylation is 1. The normalized spacial score (nSPS) is 22.7. The fourth-order valence-corrected chi connectivity index (χ4v) is 6.63. The van der Waals surface area contributed by atoms with E-state index < -0.39 is 17.0 Å². The molecule has 2 aliphatic heterocycles. The molecule has 44 heavy (non-hydrogen) atoms. The number of amidine groups is 1. The van der Waals surface area contributed by atoms with E-state index in [-0.39, 0.29) is 18.0 Å². The van der Waals surface area contributed by atoms with Crippen molar-refractivity contribution in [1.82, 2.24) is 14.7 Å². The number of piperazine rings is 1. The molecule has 0 unspecified atom stereocenters. The second-order valence-electron chi connectivity index (χ2n) is 13.1. The summed E-state index contributed by atoms with van der Waals surface area (Å²) in [5.74, 6) is -0.280. The molecule has 7 nitrogen and oxygen atoms in total. The van der Waals surface area contributed by atoms with Gasteiger partial charge in [0.25, 0.3) is 0 Å². The van der Waals surface area contributed by atoms with E-state index in [4.69, 9.17) is 28.2 Å². The van der Waals surface area contributed by atoms with Gasteiger partial charge in [0.05, 0.1) is 6.54 Å². The van der Waals surface area contributed by atoms with Crippen LogP contribution in [0.4, 0.5) is 4.79 Å². The molecule has 0 radical (unpaired) electrons. The molecule has 0 aromatic heterocycles. The highest BCUT2D eigenvalue weighted by Crippen LogP contribution is 2.53. The van der Waals surface area contributed by atoms with Crippen molar-refractivity contribution < 1.29 is 14.7 Å². The number of carbonyl (C=O) groups is 2. The third kappa shape index (κ3) is 5.73. The number of carboxylic acids is 1. The average molecular weight is 636 g/mol. The van der Waals surface area contributed by atoms with E-state index in [0.717, 1.165) is 22.3 Å². The first-order valence-electron chi connectivity index (χ1n) is 14.9. The van der Waals surface area contributed by atoms with Crippen LogP contribution in [0.5, 0.6) is 0 Å². The van der Waals surface area contributed by atoms with Gasteiger partial charge in [0, 0.05) is 41.8 Å². The fourth-order valence-electron chi connectivity index (χ4n) is 6.38. The van der Waals surface area contributed by atoms with E-state index in [1.807, 2.05) is 63.2 Å². The van der Waals surface area contributed by atoms with Crippen molar-refractivity contribution in [2.24, 2.45) is 4.99 Å². The van der Waals surface area contributed by atoms with Crippen molar-refractivity contribution in [3.8, 4) is 0 Å². The minimum atomic E-state index is -0.967. The third-order valence-corrected chi connectivity index (χ3v) is 9.78. The largest absolute Gasteiger partial charge is 0.480 e. The van der Waals surface area contributed by atoms with Crippen LogP contribution in [0.25, 0.3) is 0 Å². The first-order chi connectivity index (χ1) is 20.6. The van der Waals surface area contributed by atoms with Gasteiger partial charge in [-0.25, -0.2) is 4.79 Å². The molecular weight excluding hydrogens is 595 g/mol. The summed E-state index contributed by atoms with van der Waals surface area (Å²) in [5, 5.41) is 10.5. The van der Waals surface area contributed by atoms with E-state index >= 15 is 0 Å². The number of nitrogens with zero attached hydrogens (tertiary/aromatic N) is 4. The lowest BCUT2D eigenvalue weighted by atomic mass is 9.71. The lowest BCUT2D eigenvalue weighted by Gasteiger charge is -2.47. The van der Waals surface area contributed by atoms with E-state index in [1.54, 1.807) is 0 Å². The van der Waals surface area contributed by atoms with Crippen LogP contribution in [0, 0.1) is 6.92 Å². The molecule has 1 N–H and O–H groups in total. The van der Waals surface area contributed by atoms with Gasteiger partial charge in [-0.1, -0.05) is 86.4 Å². The van der Waals surface area contributed by atoms with Gasteiger partial charge < -0.3 is 10.0 Å². The zero-order valence-electron chi connectivity index (χ0n) is 26.2. The number of hydrogen-bond donors (Lipinski definition) is 1. The molecule has 0 spiro atoms. The van der Waals surface area contributed by atoms with Gasteiger partial charge in [-0.15, -0.1) is 0 Å². The Balaban J connectivity index is 1.70. The lowest BCUT2D eigenvalue weighted by molar-refractivity contribution is -0.138. The molecular formula is C35H40Cl2N4O3. The molecule has 9 heteroatoms. The van der Waals surface area contributed by atoms with Crippen LogP contribution < -0.4 is 0 Å². The highest BCUT2D eigenvalue weighted by atomic mass is 35.5. The summed E-state index contributed by atoms with van der Waals surface area (Å²) in [6, 6.07) is 21.5. The van der Waals surface area contributed by atoms with Crippen LogP contribution in [0.2, 0.25) is 10.0 Å². The standard InChI is InChI=1S/C35H40Cl2N4O3/c1-23-21-26(33(2,3)4)11-16-29(23)31-38-34(5,24-7-12-27(36)13-8-24)35(6,25-9-14-28(37)15-10-25)41(31)32(44)40-19-17-39(18-20-40)22-30(42)43/h7-16,21H,17-20,22H2,1-6H3,(H,42,43)/t34-,35+/m0/s1. The zero-order valence-corrected chi connectivity index (χ0v) is 27.7.